The number of carbonyl (C=O) groups excluding carboxylic acids is 2. The van der Waals surface area contributed by atoms with E-state index in [0.717, 1.165) is 0 Å². The van der Waals surface area contributed by atoms with E-state index in [-0.39, 0.29) is 57.4 Å². The predicted octanol–water partition coefficient (Wildman–Crippen LogP) is 3.17. The van der Waals surface area contributed by atoms with Crippen molar-refractivity contribution in [2.75, 3.05) is 27.9 Å². The van der Waals surface area contributed by atoms with Crippen molar-refractivity contribution in [2.24, 2.45) is 4.99 Å². The number of nitrogens with zero attached hydrogens (tertiary/aromatic N) is 4. The van der Waals surface area contributed by atoms with Gasteiger partial charge in [0.2, 0.25) is 5.75 Å². The number of amides is 1. The molecule has 0 atom stereocenters. The van der Waals surface area contributed by atoms with Gasteiger partial charge in [0.1, 0.15) is 16.9 Å². The molecular weight excluding hydrogens is 492 g/mol. The largest absolute Gasteiger partial charge is 0.493 e. The van der Waals surface area contributed by atoms with E-state index in [2.05, 4.69) is 9.98 Å². The van der Waals surface area contributed by atoms with E-state index in [1.165, 1.54) is 43.9 Å². The summed E-state index contributed by atoms with van der Waals surface area (Å²) in [5.41, 5.74) is 0.427. The maximum atomic E-state index is 13.5. The van der Waals surface area contributed by atoms with Crippen molar-refractivity contribution >= 4 is 28.6 Å². The first-order chi connectivity index (χ1) is 18.2. The van der Waals surface area contributed by atoms with Crippen LogP contribution in [0.2, 0.25) is 0 Å². The van der Waals surface area contributed by atoms with Crippen molar-refractivity contribution in [3.63, 3.8) is 0 Å². The van der Waals surface area contributed by atoms with Crippen LogP contribution in [0.4, 0.5) is 0 Å². The first-order valence-electron chi connectivity index (χ1n) is 11.9. The standard InChI is InChI=1S/C27H28N4O7/c1-7-38-27(34)18-14-17-23(28-21-10-8-9-11-30(21)26(17)33)31(15(2)3)24(18)29-25(32)16-12-19(35-4)22(37-6)20(13-16)36-5/h8-15H,7H2,1-6H3. The molecule has 0 aliphatic heterocycles. The second kappa shape index (κ2) is 10.8. The van der Waals surface area contributed by atoms with Crippen molar-refractivity contribution in [2.45, 2.75) is 26.8 Å². The van der Waals surface area contributed by atoms with Crippen molar-refractivity contribution < 1.29 is 28.5 Å². The van der Waals surface area contributed by atoms with E-state index in [0.29, 0.717) is 11.4 Å². The molecule has 0 bridgehead atoms. The third kappa shape index (κ3) is 4.58. The lowest BCUT2D eigenvalue weighted by Crippen LogP contribution is -2.33. The quantitative estimate of drug-likeness (QED) is 0.269. The van der Waals surface area contributed by atoms with Crippen LogP contribution in [0.25, 0.3) is 16.7 Å². The molecule has 0 aliphatic carbocycles. The first kappa shape index (κ1) is 26.4. The molecule has 4 aromatic rings. The molecule has 3 aromatic heterocycles. The van der Waals surface area contributed by atoms with E-state index < -0.39 is 11.9 Å². The highest BCUT2D eigenvalue weighted by molar-refractivity contribution is 5.98. The Bertz CT molecular complexity index is 1660. The third-order valence-electron chi connectivity index (χ3n) is 5.87. The first-order valence-corrected chi connectivity index (χ1v) is 11.9. The van der Waals surface area contributed by atoms with Crippen LogP contribution in [0.5, 0.6) is 17.2 Å². The fourth-order valence-corrected chi connectivity index (χ4v) is 4.17. The van der Waals surface area contributed by atoms with Crippen LogP contribution in [0.1, 0.15) is 47.5 Å². The number of hydrogen-bond acceptors (Lipinski definition) is 8. The molecule has 0 fully saturated rings. The molecule has 1 aromatic carbocycles. The molecule has 38 heavy (non-hydrogen) atoms. The summed E-state index contributed by atoms with van der Waals surface area (Å²) in [6, 6.07) is 9.15. The van der Waals surface area contributed by atoms with Crippen molar-refractivity contribution in [1.29, 1.82) is 0 Å². The molecule has 11 heteroatoms. The molecule has 0 saturated heterocycles. The zero-order chi connectivity index (χ0) is 27.6. The zero-order valence-corrected chi connectivity index (χ0v) is 22.0. The lowest BCUT2D eigenvalue weighted by Gasteiger charge is -2.18. The Morgan fingerprint density at radius 3 is 2.29 bits per heavy atom. The molecule has 0 unspecified atom stereocenters. The summed E-state index contributed by atoms with van der Waals surface area (Å²) in [6.45, 7) is 5.43. The Balaban J connectivity index is 2.10. The number of rotatable bonds is 7. The highest BCUT2D eigenvalue weighted by Crippen LogP contribution is 2.38. The highest BCUT2D eigenvalue weighted by atomic mass is 16.5. The summed E-state index contributed by atoms with van der Waals surface area (Å²) < 4.78 is 24.3. The lowest BCUT2D eigenvalue weighted by molar-refractivity contribution is 0.0523. The molecule has 0 spiro atoms. The van der Waals surface area contributed by atoms with E-state index in [9.17, 15) is 14.4 Å². The number of benzene rings is 1. The van der Waals surface area contributed by atoms with Gasteiger partial charge in [0.05, 0.1) is 33.3 Å². The number of esters is 1. The summed E-state index contributed by atoms with van der Waals surface area (Å²) in [7, 11) is 4.33. The Kier molecular flexibility index (Phi) is 7.47. The van der Waals surface area contributed by atoms with Gasteiger partial charge in [0.15, 0.2) is 17.0 Å². The van der Waals surface area contributed by atoms with E-state index in [1.807, 2.05) is 13.8 Å². The Hall–Kier alpha value is -4.67. The number of methoxy groups -OCH3 is 3. The summed E-state index contributed by atoms with van der Waals surface area (Å²) in [5, 5.41) is 0.185. The van der Waals surface area contributed by atoms with Gasteiger partial charge >= 0.3 is 5.97 Å². The van der Waals surface area contributed by atoms with Crippen LogP contribution < -0.4 is 25.3 Å². The second-order valence-electron chi connectivity index (χ2n) is 8.48. The Morgan fingerprint density at radius 2 is 1.71 bits per heavy atom. The molecule has 11 nitrogen and oxygen atoms in total. The van der Waals surface area contributed by atoms with Crippen LogP contribution in [0, 0.1) is 0 Å². The number of aromatic nitrogens is 3. The molecule has 0 aliphatic rings. The van der Waals surface area contributed by atoms with Gasteiger partial charge in [-0.25, -0.2) is 9.78 Å². The SMILES string of the molecule is CCOC(=O)c1cc2c(=O)n3ccccc3nc2n(C(C)C)c1=NC(=O)c1cc(OC)c(OC)c(OC)c1. The van der Waals surface area contributed by atoms with Crippen molar-refractivity contribution in [3.8, 4) is 17.2 Å². The van der Waals surface area contributed by atoms with Crippen LogP contribution in [-0.4, -0.2) is 53.8 Å². The lowest BCUT2D eigenvalue weighted by atomic mass is 10.1. The average molecular weight is 521 g/mol. The zero-order valence-electron chi connectivity index (χ0n) is 22.0. The maximum absolute atomic E-state index is 13.5. The number of pyridine rings is 2. The van der Waals surface area contributed by atoms with Gasteiger partial charge in [0.25, 0.3) is 11.5 Å². The number of fused-ring (bicyclic) bond motifs is 2. The van der Waals surface area contributed by atoms with Crippen LogP contribution in [-0.2, 0) is 4.74 Å². The molecule has 1 amide bonds. The van der Waals surface area contributed by atoms with Crippen LogP contribution in [0.15, 0.2) is 52.4 Å². The Morgan fingerprint density at radius 1 is 1.03 bits per heavy atom. The normalized spacial score (nSPS) is 11.7. The number of carbonyl (C=O) groups is 2. The minimum Gasteiger partial charge on any atom is -0.493 e. The summed E-state index contributed by atoms with van der Waals surface area (Å²) in [6.07, 6.45) is 1.60. The van der Waals surface area contributed by atoms with Gasteiger partial charge in [-0.3, -0.25) is 14.0 Å². The predicted molar refractivity (Wildman–Crippen MR) is 139 cm³/mol. The van der Waals surface area contributed by atoms with Gasteiger partial charge in [0, 0.05) is 17.8 Å². The van der Waals surface area contributed by atoms with Crippen LogP contribution in [0.3, 0.4) is 0 Å². The minimum absolute atomic E-state index is 0.0110. The maximum Gasteiger partial charge on any atom is 0.341 e. The molecule has 4 rings (SSSR count). The number of hydrogen-bond donors (Lipinski definition) is 0. The van der Waals surface area contributed by atoms with Gasteiger partial charge in [-0.15, -0.1) is 0 Å². The average Bonchev–Trinajstić information content (AvgIpc) is 2.91. The summed E-state index contributed by atoms with van der Waals surface area (Å²) >= 11 is 0. The second-order valence-corrected chi connectivity index (χ2v) is 8.48. The van der Waals surface area contributed by atoms with Crippen molar-refractivity contribution in [1.82, 2.24) is 14.0 Å². The Labute approximate surface area is 217 Å². The molecule has 0 N–H and O–H groups in total. The third-order valence-corrected chi connectivity index (χ3v) is 5.87. The van der Waals surface area contributed by atoms with Crippen LogP contribution >= 0.6 is 0 Å². The van der Waals surface area contributed by atoms with E-state index >= 15 is 0 Å². The van der Waals surface area contributed by atoms with E-state index in [4.69, 9.17) is 18.9 Å². The van der Waals surface area contributed by atoms with Gasteiger partial charge < -0.3 is 23.5 Å². The van der Waals surface area contributed by atoms with Crippen molar-refractivity contribution in [3.05, 3.63) is 69.6 Å². The summed E-state index contributed by atoms with van der Waals surface area (Å²) in [5.74, 6) is -0.544. The monoisotopic (exact) mass is 520 g/mol. The molecule has 0 saturated carbocycles. The highest BCUT2D eigenvalue weighted by Gasteiger charge is 2.22. The van der Waals surface area contributed by atoms with Gasteiger partial charge in [-0.05, 0) is 51.1 Å². The smallest absolute Gasteiger partial charge is 0.341 e. The van der Waals surface area contributed by atoms with Gasteiger partial charge in [-0.1, -0.05) is 6.07 Å². The fraction of sp³-hybridized carbons (Fsp3) is 0.296. The topological polar surface area (TPSA) is 123 Å². The van der Waals surface area contributed by atoms with E-state index in [1.54, 1.807) is 35.9 Å². The minimum atomic E-state index is -0.724. The molecule has 3 heterocycles. The summed E-state index contributed by atoms with van der Waals surface area (Å²) in [4.78, 5) is 49.0. The molecule has 0 radical (unpaired) electrons. The molecular formula is C27H28N4O7. The fourth-order valence-electron chi connectivity index (χ4n) is 4.17. The molecule has 198 valence electrons. The van der Waals surface area contributed by atoms with Gasteiger partial charge in [-0.2, -0.15) is 4.99 Å². The number of ether oxygens (including phenoxy) is 4.